The molecule has 0 bridgehead atoms. The summed E-state index contributed by atoms with van der Waals surface area (Å²) < 4.78 is 6.49. The average molecular weight is 474 g/mol. The van der Waals surface area contributed by atoms with Gasteiger partial charge in [-0.3, -0.25) is 9.59 Å². The summed E-state index contributed by atoms with van der Waals surface area (Å²) in [6.45, 7) is 3.49. The van der Waals surface area contributed by atoms with Gasteiger partial charge >= 0.3 is 5.97 Å². The highest BCUT2D eigenvalue weighted by Gasteiger charge is 2.30. The Morgan fingerprint density at radius 2 is 1.85 bits per heavy atom. The zero-order valence-electron chi connectivity index (χ0n) is 19.2. The second kappa shape index (κ2) is 10.5. The Morgan fingerprint density at radius 3 is 2.55 bits per heavy atom. The van der Waals surface area contributed by atoms with Gasteiger partial charge < -0.3 is 19.5 Å². The molecule has 1 aliphatic heterocycles. The summed E-state index contributed by atoms with van der Waals surface area (Å²) in [7, 11) is 1.67. The summed E-state index contributed by atoms with van der Waals surface area (Å²) in [4.78, 5) is 48.1. The molecule has 2 aromatic rings. The maximum absolute atomic E-state index is 12.8. The molecule has 0 unspecified atom stereocenters. The van der Waals surface area contributed by atoms with Crippen LogP contribution in [0.15, 0.2) is 11.6 Å². The van der Waals surface area contributed by atoms with E-state index in [4.69, 9.17) is 4.74 Å². The Labute approximate surface area is 197 Å². The van der Waals surface area contributed by atoms with Crippen molar-refractivity contribution < 1.29 is 19.1 Å². The predicted molar refractivity (Wildman–Crippen MR) is 124 cm³/mol. The van der Waals surface area contributed by atoms with Crippen molar-refractivity contribution in [1.82, 2.24) is 19.4 Å². The fourth-order valence-corrected chi connectivity index (χ4v) is 5.60. The van der Waals surface area contributed by atoms with E-state index in [1.807, 2.05) is 4.90 Å². The first-order valence-corrected chi connectivity index (χ1v) is 12.6. The minimum atomic E-state index is -0.537. The Kier molecular flexibility index (Phi) is 7.42. The molecule has 1 N–H and O–H groups in total. The molecule has 10 heteroatoms. The summed E-state index contributed by atoms with van der Waals surface area (Å²) >= 11 is 1.48. The Morgan fingerprint density at radius 1 is 1.12 bits per heavy atom. The standard InChI is InChI=1S/C23H31N5O4S/c1-3-32-23(31)19-25-18(13-27(19)2)26-20(29)17-14-33-21(24-17)15-9-11-28(12-10-15)22(30)16-7-5-4-6-8-16/h13-16H,3-12H2,1-2H3,(H,26,29). The third kappa shape index (κ3) is 5.43. The number of nitrogens with zero attached hydrogens (tertiary/aromatic N) is 4. The second-order valence-corrected chi connectivity index (χ2v) is 9.63. The van der Waals surface area contributed by atoms with E-state index in [9.17, 15) is 14.4 Å². The lowest BCUT2D eigenvalue weighted by molar-refractivity contribution is -0.137. The molecule has 0 radical (unpaired) electrons. The Bertz CT molecular complexity index is 1000. The molecule has 9 nitrogen and oxygen atoms in total. The van der Waals surface area contributed by atoms with Gasteiger partial charge in [0.2, 0.25) is 11.7 Å². The largest absolute Gasteiger partial charge is 0.460 e. The molecule has 2 fully saturated rings. The number of esters is 1. The van der Waals surface area contributed by atoms with Crippen molar-refractivity contribution >= 4 is 34.9 Å². The summed E-state index contributed by atoms with van der Waals surface area (Å²) in [5.74, 6) is 0.291. The normalized spacial score (nSPS) is 17.7. The number of thiazole rings is 1. The number of imidazole rings is 1. The van der Waals surface area contributed by atoms with Gasteiger partial charge in [0.25, 0.3) is 5.91 Å². The van der Waals surface area contributed by atoms with Gasteiger partial charge in [0.1, 0.15) is 5.69 Å². The van der Waals surface area contributed by atoms with E-state index < -0.39 is 5.97 Å². The van der Waals surface area contributed by atoms with Gasteiger partial charge in [-0.25, -0.2) is 14.8 Å². The van der Waals surface area contributed by atoms with E-state index in [0.717, 1.165) is 43.8 Å². The minimum Gasteiger partial charge on any atom is -0.460 e. The molecule has 3 heterocycles. The van der Waals surface area contributed by atoms with Crippen LogP contribution in [0.5, 0.6) is 0 Å². The number of aromatic nitrogens is 3. The quantitative estimate of drug-likeness (QED) is 0.643. The van der Waals surface area contributed by atoms with Gasteiger partial charge in [-0.05, 0) is 32.6 Å². The van der Waals surface area contributed by atoms with E-state index in [1.165, 1.54) is 35.2 Å². The first-order chi connectivity index (χ1) is 16.0. The highest BCUT2D eigenvalue weighted by atomic mass is 32.1. The van der Waals surface area contributed by atoms with Crippen LogP contribution in [0, 0.1) is 5.92 Å². The fourth-order valence-electron chi connectivity index (χ4n) is 4.63. The number of hydrogen-bond donors (Lipinski definition) is 1. The Hall–Kier alpha value is -2.75. The van der Waals surface area contributed by atoms with Gasteiger partial charge in [0.15, 0.2) is 5.82 Å². The number of ether oxygens (including phenoxy) is 1. The number of aryl methyl sites for hydroxylation is 1. The average Bonchev–Trinajstić information content (AvgIpc) is 3.46. The van der Waals surface area contributed by atoms with Crippen LogP contribution in [-0.4, -0.2) is 56.9 Å². The molecule has 33 heavy (non-hydrogen) atoms. The highest BCUT2D eigenvalue weighted by Crippen LogP contribution is 2.32. The number of piperidine rings is 1. The summed E-state index contributed by atoms with van der Waals surface area (Å²) in [6.07, 6.45) is 8.95. The molecule has 4 rings (SSSR count). The lowest BCUT2D eigenvalue weighted by atomic mass is 9.87. The summed E-state index contributed by atoms with van der Waals surface area (Å²) in [5.41, 5.74) is 0.332. The number of amides is 2. The summed E-state index contributed by atoms with van der Waals surface area (Å²) in [5, 5.41) is 5.38. The molecule has 1 saturated carbocycles. The van der Waals surface area contributed by atoms with Gasteiger partial charge in [0, 0.05) is 43.5 Å². The number of rotatable bonds is 6. The van der Waals surface area contributed by atoms with Crippen LogP contribution in [-0.2, 0) is 16.6 Å². The highest BCUT2D eigenvalue weighted by molar-refractivity contribution is 7.10. The van der Waals surface area contributed by atoms with Crippen molar-refractivity contribution in [2.45, 2.75) is 57.8 Å². The molecule has 1 saturated heterocycles. The topological polar surface area (TPSA) is 106 Å². The molecular formula is C23H31N5O4S. The number of likely N-dealkylation sites (tertiary alicyclic amines) is 1. The van der Waals surface area contributed by atoms with Crippen molar-refractivity contribution in [2.75, 3.05) is 25.0 Å². The number of hydrogen-bond acceptors (Lipinski definition) is 7. The first kappa shape index (κ1) is 23.4. The van der Waals surface area contributed by atoms with Crippen LogP contribution in [0.1, 0.15) is 83.9 Å². The molecule has 0 aromatic carbocycles. The van der Waals surface area contributed by atoms with Gasteiger partial charge in [0.05, 0.1) is 11.6 Å². The Balaban J connectivity index is 1.32. The molecule has 0 spiro atoms. The molecule has 0 atom stereocenters. The predicted octanol–water partition coefficient (Wildman–Crippen LogP) is 3.59. The van der Waals surface area contributed by atoms with Crippen LogP contribution >= 0.6 is 11.3 Å². The smallest absolute Gasteiger partial charge is 0.374 e. The van der Waals surface area contributed by atoms with Gasteiger partial charge in [-0.2, -0.15) is 0 Å². The molecule has 2 aliphatic rings. The van der Waals surface area contributed by atoms with E-state index in [1.54, 1.807) is 25.5 Å². The van der Waals surface area contributed by atoms with Crippen molar-refractivity contribution in [2.24, 2.45) is 13.0 Å². The maximum atomic E-state index is 12.8. The molecular weight excluding hydrogens is 442 g/mol. The maximum Gasteiger partial charge on any atom is 0.374 e. The van der Waals surface area contributed by atoms with E-state index in [-0.39, 0.29) is 36.0 Å². The zero-order chi connectivity index (χ0) is 23.4. The third-order valence-corrected chi connectivity index (χ3v) is 7.45. The third-order valence-electron chi connectivity index (χ3n) is 6.44. The number of carbonyl (C=O) groups is 3. The monoisotopic (exact) mass is 473 g/mol. The van der Waals surface area contributed by atoms with Crippen molar-refractivity contribution in [1.29, 1.82) is 0 Å². The van der Waals surface area contributed by atoms with Crippen LogP contribution in [0.25, 0.3) is 0 Å². The van der Waals surface area contributed by atoms with Crippen LogP contribution in [0.3, 0.4) is 0 Å². The van der Waals surface area contributed by atoms with Gasteiger partial charge in [-0.1, -0.05) is 19.3 Å². The second-order valence-electron chi connectivity index (χ2n) is 8.74. The molecule has 1 aliphatic carbocycles. The summed E-state index contributed by atoms with van der Waals surface area (Å²) in [6, 6.07) is 0. The van der Waals surface area contributed by atoms with Crippen molar-refractivity contribution in [3.63, 3.8) is 0 Å². The molecule has 2 aromatic heterocycles. The van der Waals surface area contributed by atoms with E-state index >= 15 is 0 Å². The van der Waals surface area contributed by atoms with Crippen molar-refractivity contribution in [3.8, 4) is 0 Å². The lowest BCUT2D eigenvalue weighted by Gasteiger charge is -2.34. The molecule has 2 amide bonds. The lowest BCUT2D eigenvalue weighted by Crippen LogP contribution is -2.41. The van der Waals surface area contributed by atoms with Crippen LogP contribution < -0.4 is 5.32 Å². The van der Waals surface area contributed by atoms with Crippen LogP contribution in [0.4, 0.5) is 5.82 Å². The minimum absolute atomic E-state index is 0.126. The van der Waals surface area contributed by atoms with Gasteiger partial charge in [-0.15, -0.1) is 11.3 Å². The van der Waals surface area contributed by atoms with E-state index in [0.29, 0.717) is 11.6 Å². The number of anilines is 1. The van der Waals surface area contributed by atoms with E-state index in [2.05, 4.69) is 15.3 Å². The zero-order valence-corrected chi connectivity index (χ0v) is 20.0. The number of carbonyl (C=O) groups excluding carboxylic acids is 3. The number of nitrogens with one attached hydrogen (secondary N) is 1. The van der Waals surface area contributed by atoms with Crippen molar-refractivity contribution in [3.05, 3.63) is 28.1 Å². The van der Waals surface area contributed by atoms with Crippen LogP contribution in [0.2, 0.25) is 0 Å². The SMILES string of the molecule is CCOC(=O)c1nc(NC(=O)c2csc(C3CCN(C(=O)C4CCCCC4)CC3)n2)cn1C. The first-order valence-electron chi connectivity index (χ1n) is 11.7. The molecule has 178 valence electrons. The fraction of sp³-hybridized carbons (Fsp3) is 0.609.